The van der Waals surface area contributed by atoms with Crippen LogP contribution >= 0.6 is 0 Å². The SMILES string of the molecule is N#Cc1cc(NC(=O)NC2CCCC2C(=O)O)ccc1F. The van der Waals surface area contributed by atoms with E-state index in [0.29, 0.717) is 12.8 Å². The van der Waals surface area contributed by atoms with Crippen LogP contribution in [0, 0.1) is 23.1 Å². The molecular formula is C14H14FN3O3. The number of nitrogens with zero attached hydrogens (tertiary/aromatic N) is 1. The van der Waals surface area contributed by atoms with Crippen LogP contribution in [0.5, 0.6) is 0 Å². The van der Waals surface area contributed by atoms with E-state index in [9.17, 15) is 14.0 Å². The highest BCUT2D eigenvalue weighted by Gasteiger charge is 2.33. The van der Waals surface area contributed by atoms with Gasteiger partial charge in [0.05, 0.1) is 11.5 Å². The van der Waals surface area contributed by atoms with Crippen molar-refractivity contribution in [3.05, 3.63) is 29.6 Å². The van der Waals surface area contributed by atoms with Crippen molar-refractivity contribution in [3.8, 4) is 6.07 Å². The average molecular weight is 291 g/mol. The van der Waals surface area contributed by atoms with Gasteiger partial charge in [-0.2, -0.15) is 5.26 Å². The van der Waals surface area contributed by atoms with Gasteiger partial charge in [0.2, 0.25) is 0 Å². The molecule has 0 radical (unpaired) electrons. The number of anilines is 1. The van der Waals surface area contributed by atoms with Crippen molar-refractivity contribution in [1.82, 2.24) is 5.32 Å². The normalized spacial score (nSPS) is 20.6. The van der Waals surface area contributed by atoms with Crippen LogP contribution in [0.3, 0.4) is 0 Å². The molecule has 0 aliphatic heterocycles. The number of nitrogens with one attached hydrogen (secondary N) is 2. The molecule has 2 atom stereocenters. The minimum atomic E-state index is -0.925. The maximum Gasteiger partial charge on any atom is 0.319 e. The van der Waals surface area contributed by atoms with Crippen molar-refractivity contribution in [3.63, 3.8) is 0 Å². The second-order valence-electron chi connectivity index (χ2n) is 4.89. The predicted molar refractivity (Wildman–Crippen MR) is 72.0 cm³/mol. The van der Waals surface area contributed by atoms with Crippen LogP contribution in [0.4, 0.5) is 14.9 Å². The molecular weight excluding hydrogens is 277 g/mol. The smallest absolute Gasteiger partial charge is 0.319 e. The fraction of sp³-hybridized carbons (Fsp3) is 0.357. The maximum absolute atomic E-state index is 13.2. The molecule has 0 heterocycles. The summed E-state index contributed by atoms with van der Waals surface area (Å²) in [5, 5.41) is 22.8. The van der Waals surface area contributed by atoms with E-state index in [1.54, 1.807) is 6.07 Å². The van der Waals surface area contributed by atoms with E-state index in [1.165, 1.54) is 12.1 Å². The molecule has 2 unspecified atom stereocenters. The summed E-state index contributed by atoms with van der Waals surface area (Å²) in [6.07, 6.45) is 1.89. The van der Waals surface area contributed by atoms with Gasteiger partial charge in [-0.25, -0.2) is 9.18 Å². The van der Waals surface area contributed by atoms with Crippen molar-refractivity contribution >= 4 is 17.7 Å². The van der Waals surface area contributed by atoms with Gasteiger partial charge in [0.25, 0.3) is 0 Å². The van der Waals surface area contributed by atoms with Crippen molar-refractivity contribution in [2.75, 3.05) is 5.32 Å². The Morgan fingerprint density at radius 3 is 2.81 bits per heavy atom. The van der Waals surface area contributed by atoms with E-state index in [0.717, 1.165) is 12.5 Å². The minimum absolute atomic E-state index is 0.169. The first-order valence-electron chi connectivity index (χ1n) is 6.51. The molecule has 110 valence electrons. The Hall–Kier alpha value is -2.62. The molecule has 7 heteroatoms. The second-order valence-corrected chi connectivity index (χ2v) is 4.89. The zero-order chi connectivity index (χ0) is 15.4. The molecule has 21 heavy (non-hydrogen) atoms. The van der Waals surface area contributed by atoms with Crippen LogP contribution in [-0.4, -0.2) is 23.1 Å². The van der Waals surface area contributed by atoms with Gasteiger partial charge in [-0.15, -0.1) is 0 Å². The van der Waals surface area contributed by atoms with Gasteiger partial charge in [0.1, 0.15) is 11.9 Å². The molecule has 0 spiro atoms. The Morgan fingerprint density at radius 1 is 1.38 bits per heavy atom. The number of urea groups is 1. The third-order valence-corrected chi connectivity index (χ3v) is 3.49. The largest absolute Gasteiger partial charge is 0.481 e. The van der Waals surface area contributed by atoms with Crippen LogP contribution < -0.4 is 10.6 Å². The van der Waals surface area contributed by atoms with Crippen LogP contribution in [0.1, 0.15) is 24.8 Å². The summed E-state index contributed by atoms with van der Waals surface area (Å²) in [5.41, 5.74) is 0.104. The first kappa shape index (κ1) is 14.8. The van der Waals surface area contributed by atoms with E-state index in [4.69, 9.17) is 10.4 Å². The van der Waals surface area contributed by atoms with Crippen LogP contribution in [0.15, 0.2) is 18.2 Å². The number of hydrogen-bond donors (Lipinski definition) is 3. The number of hydrogen-bond acceptors (Lipinski definition) is 3. The summed E-state index contributed by atoms with van der Waals surface area (Å²) >= 11 is 0. The topological polar surface area (TPSA) is 102 Å². The van der Waals surface area contributed by atoms with Crippen LogP contribution in [0.25, 0.3) is 0 Å². The number of carboxylic acid groups (broad SMARTS) is 1. The number of carboxylic acids is 1. The summed E-state index contributed by atoms with van der Waals surface area (Å²) in [6.45, 7) is 0. The number of rotatable bonds is 3. The standard InChI is InChI=1S/C14H14FN3O3/c15-11-5-4-9(6-8(11)7-16)17-14(21)18-12-3-1-2-10(12)13(19)20/h4-6,10,12H,1-3H2,(H,19,20)(H2,17,18,21). The lowest BCUT2D eigenvalue weighted by molar-refractivity contribution is -0.142. The van der Waals surface area contributed by atoms with Gasteiger partial charge in [0, 0.05) is 11.7 Å². The van der Waals surface area contributed by atoms with Crippen molar-refractivity contribution in [1.29, 1.82) is 5.26 Å². The summed E-state index contributed by atoms with van der Waals surface area (Å²) < 4.78 is 13.2. The summed E-state index contributed by atoms with van der Waals surface area (Å²) in [4.78, 5) is 22.9. The number of nitriles is 1. The molecule has 1 saturated carbocycles. The number of benzene rings is 1. The Labute approximate surface area is 120 Å². The third kappa shape index (κ3) is 3.48. The first-order valence-corrected chi connectivity index (χ1v) is 6.51. The van der Waals surface area contributed by atoms with E-state index in [-0.39, 0.29) is 11.3 Å². The summed E-state index contributed by atoms with van der Waals surface area (Å²) in [5.74, 6) is -2.17. The number of carbonyl (C=O) groups is 2. The van der Waals surface area contributed by atoms with Gasteiger partial charge in [-0.05, 0) is 31.0 Å². The first-order chi connectivity index (χ1) is 10.0. The predicted octanol–water partition coefficient (Wildman–Crippen LogP) is 2.07. The number of carbonyl (C=O) groups excluding carboxylic acids is 1. The van der Waals surface area contributed by atoms with Gasteiger partial charge in [0.15, 0.2) is 0 Å². The van der Waals surface area contributed by atoms with E-state index in [1.807, 2.05) is 0 Å². The highest BCUT2D eigenvalue weighted by atomic mass is 19.1. The Balaban J connectivity index is 1.99. The molecule has 2 amide bonds. The lowest BCUT2D eigenvalue weighted by atomic mass is 10.0. The van der Waals surface area contributed by atoms with E-state index in [2.05, 4.69) is 10.6 Å². The molecule has 1 fully saturated rings. The Bertz CT molecular complexity index is 612. The highest BCUT2D eigenvalue weighted by molar-refractivity contribution is 5.90. The summed E-state index contributed by atoms with van der Waals surface area (Å²) in [6, 6.07) is 4.34. The van der Waals surface area contributed by atoms with Gasteiger partial charge < -0.3 is 15.7 Å². The fourth-order valence-electron chi connectivity index (χ4n) is 2.45. The monoisotopic (exact) mass is 291 g/mol. The van der Waals surface area contributed by atoms with Gasteiger partial charge in [-0.1, -0.05) is 6.42 Å². The van der Waals surface area contributed by atoms with Crippen molar-refractivity contribution < 1.29 is 19.1 Å². The fourth-order valence-corrected chi connectivity index (χ4v) is 2.45. The molecule has 6 nitrogen and oxygen atoms in total. The maximum atomic E-state index is 13.2. The quantitative estimate of drug-likeness (QED) is 0.793. The number of halogens is 1. The van der Waals surface area contributed by atoms with E-state index >= 15 is 0 Å². The molecule has 0 aromatic heterocycles. The van der Waals surface area contributed by atoms with E-state index < -0.39 is 29.8 Å². The van der Waals surface area contributed by atoms with Crippen LogP contribution in [0.2, 0.25) is 0 Å². The minimum Gasteiger partial charge on any atom is -0.481 e. The zero-order valence-corrected chi connectivity index (χ0v) is 11.1. The molecule has 1 aromatic carbocycles. The third-order valence-electron chi connectivity index (χ3n) is 3.49. The molecule has 3 N–H and O–H groups in total. The number of aliphatic carboxylic acids is 1. The molecule has 1 aliphatic rings. The summed E-state index contributed by atoms with van der Waals surface area (Å²) in [7, 11) is 0. The second kappa shape index (κ2) is 6.22. The van der Waals surface area contributed by atoms with Crippen molar-refractivity contribution in [2.45, 2.75) is 25.3 Å². The highest BCUT2D eigenvalue weighted by Crippen LogP contribution is 2.26. The van der Waals surface area contributed by atoms with Gasteiger partial charge in [-0.3, -0.25) is 4.79 Å². The Kier molecular flexibility index (Phi) is 4.38. The molecule has 1 aliphatic carbocycles. The van der Waals surface area contributed by atoms with Crippen LogP contribution in [-0.2, 0) is 4.79 Å². The molecule has 2 rings (SSSR count). The Morgan fingerprint density at radius 2 is 2.14 bits per heavy atom. The molecule has 0 bridgehead atoms. The van der Waals surface area contributed by atoms with Crippen molar-refractivity contribution in [2.24, 2.45) is 5.92 Å². The molecule has 0 saturated heterocycles. The average Bonchev–Trinajstić information content (AvgIpc) is 2.89. The van der Waals surface area contributed by atoms with Gasteiger partial charge >= 0.3 is 12.0 Å². The molecule has 1 aromatic rings. The lowest BCUT2D eigenvalue weighted by Gasteiger charge is -2.18. The number of amides is 2. The zero-order valence-electron chi connectivity index (χ0n) is 11.1. The lowest BCUT2D eigenvalue weighted by Crippen LogP contribution is -2.42.